The van der Waals surface area contributed by atoms with Crippen LogP contribution in [0.4, 0.5) is 10.3 Å². The molecule has 0 bridgehead atoms. The van der Waals surface area contributed by atoms with Crippen molar-refractivity contribution in [3.05, 3.63) is 76.8 Å². The first kappa shape index (κ1) is 20.3. The summed E-state index contributed by atoms with van der Waals surface area (Å²) < 4.78 is 20.1. The molecule has 9 heteroatoms. The molecule has 0 aliphatic rings. The number of hydrazine groups is 1. The van der Waals surface area contributed by atoms with E-state index < -0.39 is 0 Å². The van der Waals surface area contributed by atoms with Crippen LogP contribution in [0.3, 0.4) is 0 Å². The van der Waals surface area contributed by atoms with E-state index in [1.807, 2.05) is 6.92 Å². The third kappa shape index (κ3) is 4.45. The topological polar surface area (TPSA) is 102 Å². The summed E-state index contributed by atoms with van der Waals surface area (Å²) in [4.78, 5) is 33.4. The number of anilines is 1. The molecule has 0 atom stereocenters. The molecule has 0 aliphatic carbocycles. The van der Waals surface area contributed by atoms with Gasteiger partial charge in [-0.3, -0.25) is 25.0 Å². The van der Waals surface area contributed by atoms with E-state index >= 15 is 0 Å². The molecule has 0 aliphatic heterocycles. The quantitative estimate of drug-likeness (QED) is 0.444. The number of amides is 1. The number of hydrogen-bond donors (Lipinski definition) is 2. The SMILES string of the molecule is CCn1c(NNC(=O)CCc2ncc(-c3ccc(F)cc3)o2)nc2ccccc2c1=O. The average molecular weight is 421 g/mol. The molecule has 1 amide bonds. The number of hydrogen-bond acceptors (Lipinski definition) is 6. The number of carbonyl (C=O) groups is 1. The molecule has 2 heterocycles. The van der Waals surface area contributed by atoms with Crippen molar-refractivity contribution in [3.63, 3.8) is 0 Å². The van der Waals surface area contributed by atoms with Crippen molar-refractivity contribution < 1.29 is 13.6 Å². The van der Waals surface area contributed by atoms with Crippen LogP contribution in [0.15, 0.2) is 63.9 Å². The summed E-state index contributed by atoms with van der Waals surface area (Å²) in [5.74, 6) is 0.507. The number of fused-ring (bicyclic) bond motifs is 1. The van der Waals surface area contributed by atoms with Gasteiger partial charge in [-0.15, -0.1) is 0 Å². The monoisotopic (exact) mass is 421 g/mol. The fourth-order valence-electron chi connectivity index (χ4n) is 3.14. The Kier molecular flexibility index (Phi) is 5.74. The highest BCUT2D eigenvalue weighted by Crippen LogP contribution is 2.21. The van der Waals surface area contributed by atoms with Gasteiger partial charge < -0.3 is 4.42 Å². The standard InChI is InChI=1S/C22H20FN5O3/c1-2-28-21(30)16-5-3-4-6-17(16)25-22(28)27-26-19(29)11-12-20-24-13-18(31-20)14-7-9-15(23)10-8-14/h3-10,13H,2,11-12H2,1H3,(H,25,27)(H,26,29). The Bertz CT molecular complexity index is 1280. The van der Waals surface area contributed by atoms with Crippen LogP contribution >= 0.6 is 0 Å². The fourth-order valence-corrected chi connectivity index (χ4v) is 3.14. The van der Waals surface area contributed by atoms with Crippen molar-refractivity contribution in [2.24, 2.45) is 0 Å². The molecule has 0 saturated heterocycles. The summed E-state index contributed by atoms with van der Waals surface area (Å²) in [6.07, 6.45) is 1.93. The lowest BCUT2D eigenvalue weighted by molar-refractivity contribution is -0.120. The third-order valence-electron chi connectivity index (χ3n) is 4.74. The molecular formula is C22H20FN5O3. The minimum Gasteiger partial charge on any atom is -0.441 e. The molecule has 0 fully saturated rings. The summed E-state index contributed by atoms with van der Waals surface area (Å²) >= 11 is 0. The summed E-state index contributed by atoms with van der Waals surface area (Å²) in [6.45, 7) is 2.23. The molecule has 0 unspecified atom stereocenters. The van der Waals surface area contributed by atoms with Gasteiger partial charge in [-0.2, -0.15) is 0 Å². The van der Waals surface area contributed by atoms with Gasteiger partial charge in [0.25, 0.3) is 5.56 Å². The Morgan fingerprint density at radius 1 is 1.16 bits per heavy atom. The largest absolute Gasteiger partial charge is 0.441 e. The zero-order valence-corrected chi connectivity index (χ0v) is 16.8. The highest BCUT2D eigenvalue weighted by molar-refractivity contribution is 5.80. The number of carbonyl (C=O) groups excluding carboxylic acids is 1. The Morgan fingerprint density at radius 2 is 1.94 bits per heavy atom. The lowest BCUT2D eigenvalue weighted by Crippen LogP contribution is -2.34. The zero-order chi connectivity index (χ0) is 21.8. The van der Waals surface area contributed by atoms with Crippen LogP contribution in [0.5, 0.6) is 0 Å². The number of para-hydroxylation sites is 1. The van der Waals surface area contributed by atoms with E-state index in [1.165, 1.54) is 22.9 Å². The van der Waals surface area contributed by atoms with E-state index in [2.05, 4.69) is 20.8 Å². The molecule has 2 aromatic heterocycles. The van der Waals surface area contributed by atoms with Gasteiger partial charge in [-0.05, 0) is 43.3 Å². The summed E-state index contributed by atoms with van der Waals surface area (Å²) in [5.41, 5.74) is 6.35. The van der Waals surface area contributed by atoms with Gasteiger partial charge in [-0.1, -0.05) is 12.1 Å². The summed E-state index contributed by atoms with van der Waals surface area (Å²) in [7, 11) is 0. The number of aryl methyl sites for hydroxylation is 1. The van der Waals surface area contributed by atoms with Crippen LogP contribution < -0.4 is 16.4 Å². The van der Waals surface area contributed by atoms with Crippen molar-refractivity contribution in [1.82, 2.24) is 20.0 Å². The molecule has 2 aromatic carbocycles. The zero-order valence-electron chi connectivity index (χ0n) is 16.8. The van der Waals surface area contributed by atoms with Gasteiger partial charge in [0.2, 0.25) is 11.9 Å². The number of nitrogens with zero attached hydrogens (tertiary/aromatic N) is 3. The van der Waals surface area contributed by atoms with Gasteiger partial charge in [0, 0.05) is 24.9 Å². The Hall–Kier alpha value is -4.01. The van der Waals surface area contributed by atoms with Gasteiger partial charge in [0.05, 0.1) is 17.1 Å². The minimum atomic E-state index is -0.331. The van der Waals surface area contributed by atoms with Gasteiger partial charge in [0.15, 0.2) is 11.7 Å². The molecule has 4 rings (SSSR count). The van der Waals surface area contributed by atoms with E-state index in [1.54, 1.807) is 36.4 Å². The van der Waals surface area contributed by atoms with E-state index in [4.69, 9.17) is 4.42 Å². The first-order valence-electron chi connectivity index (χ1n) is 9.80. The summed E-state index contributed by atoms with van der Waals surface area (Å²) in [6, 6.07) is 12.9. The summed E-state index contributed by atoms with van der Waals surface area (Å²) in [5, 5.41) is 0.516. The Morgan fingerprint density at radius 3 is 2.71 bits per heavy atom. The average Bonchev–Trinajstić information content (AvgIpc) is 3.26. The molecule has 158 valence electrons. The molecular weight excluding hydrogens is 401 g/mol. The predicted molar refractivity (Wildman–Crippen MR) is 114 cm³/mol. The lowest BCUT2D eigenvalue weighted by atomic mass is 10.2. The number of benzene rings is 2. The van der Waals surface area contributed by atoms with Crippen LogP contribution in [-0.2, 0) is 17.8 Å². The first-order chi connectivity index (χ1) is 15.0. The van der Waals surface area contributed by atoms with Gasteiger partial charge >= 0.3 is 0 Å². The number of rotatable bonds is 7. The van der Waals surface area contributed by atoms with Gasteiger partial charge in [-0.25, -0.2) is 14.4 Å². The normalized spacial score (nSPS) is 10.9. The maximum absolute atomic E-state index is 13.0. The first-order valence-corrected chi connectivity index (χ1v) is 9.80. The lowest BCUT2D eigenvalue weighted by Gasteiger charge is -2.13. The number of oxazole rings is 1. The number of aromatic nitrogens is 3. The molecule has 0 radical (unpaired) electrons. The second-order valence-electron chi connectivity index (χ2n) is 6.80. The van der Waals surface area contributed by atoms with Gasteiger partial charge in [0.1, 0.15) is 5.82 Å². The molecule has 0 saturated carbocycles. The smallest absolute Gasteiger partial charge is 0.262 e. The van der Waals surface area contributed by atoms with E-state index in [0.29, 0.717) is 34.7 Å². The van der Waals surface area contributed by atoms with Crippen LogP contribution in [0, 0.1) is 5.82 Å². The van der Waals surface area contributed by atoms with Crippen LogP contribution in [0.2, 0.25) is 0 Å². The van der Waals surface area contributed by atoms with Crippen molar-refractivity contribution in [3.8, 4) is 11.3 Å². The second-order valence-corrected chi connectivity index (χ2v) is 6.80. The van der Waals surface area contributed by atoms with Crippen molar-refractivity contribution in [1.29, 1.82) is 0 Å². The molecule has 31 heavy (non-hydrogen) atoms. The van der Waals surface area contributed by atoms with Crippen LogP contribution in [0.1, 0.15) is 19.2 Å². The van der Waals surface area contributed by atoms with Crippen LogP contribution in [0.25, 0.3) is 22.2 Å². The predicted octanol–water partition coefficient (Wildman–Crippen LogP) is 3.29. The maximum Gasteiger partial charge on any atom is 0.262 e. The van der Waals surface area contributed by atoms with Crippen molar-refractivity contribution >= 4 is 22.8 Å². The minimum absolute atomic E-state index is 0.111. The number of halogens is 1. The highest BCUT2D eigenvalue weighted by Gasteiger charge is 2.12. The maximum atomic E-state index is 13.0. The van der Waals surface area contributed by atoms with Crippen molar-refractivity contribution in [2.75, 3.05) is 5.43 Å². The van der Waals surface area contributed by atoms with E-state index in [0.717, 1.165) is 0 Å². The Balaban J connectivity index is 1.38. The fraction of sp³-hybridized carbons (Fsp3) is 0.182. The molecule has 2 N–H and O–H groups in total. The van der Waals surface area contributed by atoms with E-state index in [-0.39, 0.29) is 36.1 Å². The van der Waals surface area contributed by atoms with Crippen molar-refractivity contribution in [2.45, 2.75) is 26.3 Å². The molecule has 4 aromatic rings. The van der Waals surface area contributed by atoms with E-state index in [9.17, 15) is 14.0 Å². The number of nitrogens with one attached hydrogen (secondary N) is 2. The third-order valence-corrected chi connectivity index (χ3v) is 4.74. The Labute approximate surface area is 176 Å². The molecule has 8 nitrogen and oxygen atoms in total. The highest BCUT2D eigenvalue weighted by atomic mass is 19.1. The molecule has 0 spiro atoms. The second kappa shape index (κ2) is 8.78. The van der Waals surface area contributed by atoms with Crippen LogP contribution in [-0.4, -0.2) is 20.4 Å².